The molecule has 7 nitrogen and oxygen atoms in total. The van der Waals surface area contributed by atoms with Gasteiger partial charge in [0.25, 0.3) is 0 Å². The third-order valence-electron chi connectivity index (χ3n) is 5.22. The zero-order valence-corrected chi connectivity index (χ0v) is 16.3. The summed E-state index contributed by atoms with van der Waals surface area (Å²) in [5, 5.41) is 15.9. The molecule has 0 fully saturated rings. The zero-order valence-electron chi connectivity index (χ0n) is 15.5. The van der Waals surface area contributed by atoms with Crippen LogP contribution in [0.1, 0.15) is 36.4 Å². The van der Waals surface area contributed by atoms with E-state index in [-0.39, 0.29) is 11.8 Å². The Morgan fingerprint density at radius 1 is 1.17 bits per heavy atom. The number of halogens is 1. The zero-order chi connectivity index (χ0) is 19.8. The van der Waals surface area contributed by atoms with E-state index in [1.54, 1.807) is 4.68 Å². The number of allylic oxidation sites excluding steroid dienone is 2. The molecule has 1 aliphatic heterocycles. The van der Waals surface area contributed by atoms with Crippen LogP contribution in [-0.4, -0.2) is 26.0 Å². The van der Waals surface area contributed by atoms with Gasteiger partial charge in [0.2, 0.25) is 5.95 Å². The summed E-state index contributed by atoms with van der Waals surface area (Å²) < 4.78 is 7.64. The van der Waals surface area contributed by atoms with Crippen LogP contribution in [0.25, 0.3) is 0 Å². The van der Waals surface area contributed by atoms with Gasteiger partial charge in [-0.05, 0) is 58.7 Å². The second-order valence-electron chi connectivity index (χ2n) is 7.13. The Morgan fingerprint density at radius 2 is 2.03 bits per heavy atom. The summed E-state index contributed by atoms with van der Waals surface area (Å²) in [6.07, 6.45) is 2.20. The number of nitrogens with one attached hydrogen (secondary N) is 1. The number of anilines is 1. The largest absolute Gasteiger partial charge is 0.489 e. The number of Topliss-reactive ketones (excluding diaryl/α,β-unsaturated/α-hetero) is 1. The number of hydrogen-bond acceptors (Lipinski definition) is 6. The molecule has 5 rings (SSSR count). The topological polar surface area (TPSA) is 81.9 Å². The number of ketones is 1. The quantitative estimate of drug-likeness (QED) is 0.705. The van der Waals surface area contributed by atoms with Crippen molar-refractivity contribution in [2.45, 2.75) is 31.9 Å². The molecule has 2 aliphatic rings. The Kier molecular flexibility index (Phi) is 4.52. The van der Waals surface area contributed by atoms with Crippen LogP contribution in [0, 0.1) is 0 Å². The maximum Gasteiger partial charge on any atom is 0.248 e. The van der Waals surface area contributed by atoms with Crippen molar-refractivity contribution in [1.82, 2.24) is 20.2 Å². The molecule has 146 valence electrons. The summed E-state index contributed by atoms with van der Waals surface area (Å²) in [5.41, 5.74) is 3.60. The van der Waals surface area contributed by atoms with Crippen molar-refractivity contribution in [3.63, 3.8) is 0 Å². The van der Waals surface area contributed by atoms with Crippen LogP contribution in [0.5, 0.6) is 5.75 Å². The molecule has 1 unspecified atom stereocenters. The number of hydrogen-bond donors (Lipinski definition) is 1. The fourth-order valence-corrected chi connectivity index (χ4v) is 3.97. The number of ether oxygens (including phenoxy) is 1. The molecule has 8 heteroatoms. The van der Waals surface area contributed by atoms with E-state index in [0.717, 1.165) is 41.0 Å². The predicted molar refractivity (Wildman–Crippen MR) is 108 cm³/mol. The van der Waals surface area contributed by atoms with Gasteiger partial charge in [-0.25, -0.2) is 0 Å². The van der Waals surface area contributed by atoms with Gasteiger partial charge in [0.15, 0.2) is 5.78 Å². The number of rotatable bonds is 4. The molecule has 0 saturated carbocycles. The first-order chi connectivity index (χ1) is 14.2. The van der Waals surface area contributed by atoms with Gasteiger partial charge in [0, 0.05) is 22.7 Å². The number of carbonyl (C=O) groups excluding carboxylic acids is 1. The van der Waals surface area contributed by atoms with Crippen molar-refractivity contribution in [1.29, 1.82) is 0 Å². The normalized spacial score (nSPS) is 18.1. The minimum absolute atomic E-state index is 0.136. The van der Waals surface area contributed by atoms with Crippen molar-refractivity contribution < 1.29 is 9.53 Å². The molecule has 0 spiro atoms. The third-order valence-corrected chi connectivity index (χ3v) is 5.47. The molecule has 0 bridgehead atoms. The first-order valence-corrected chi connectivity index (χ1v) is 9.85. The number of benzene rings is 2. The molecule has 2 heterocycles. The molecule has 29 heavy (non-hydrogen) atoms. The molecule has 1 N–H and O–H groups in total. The molecule has 1 aliphatic carbocycles. The van der Waals surface area contributed by atoms with Gasteiger partial charge in [0.1, 0.15) is 18.4 Å². The van der Waals surface area contributed by atoms with Crippen molar-refractivity contribution >= 4 is 23.3 Å². The fraction of sp³-hybridized carbons (Fsp3) is 0.238. The molecule has 0 saturated heterocycles. The highest BCUT2D eigenvalue weighted by atomic mass is 35.5. The monoisotopic (exact) mass is 407 g/mol. The summed E-state index contributed by atoms with van der Waals surface area (Å²) >= 11 is 5.94. The fourth-order valence-electron chi connectivity index (χ4n) is 3.85. The Balaban J connectivity index is 1.47. The van der Waals surface area contributed by atoms with Gasteiger partial charge in [-0.15, -0.1) is 0 Å². The lowest BCUT2D eigenvalue weighted by molar-refractivity contribution is -0.116. The summed E-state index contributed by atoms with van der Waals surface area (Å²) in [7, 11) is 0. The summed E-state index contributed by atoms with van der Waals surface area (Å²) in [6.45, 7) is 0.426. The lowest BCUT2D eigenvalue weighted by Gasteiger charge is -2.31. The van der Waals surface area contributed by atoms with Crippen molar-refractivity contribution in [3.05, 3.63) is 76.0 Å². The smallest absolute Gasteiger partial charge is 0.248 e. The van der Waals surface area contributed by atoms with Gasteiger partial charge in [0.05, 0.1) is 0 Å². The van der Waals surface area contributed by atoms with Gasteiger partial charge in [-0.1, -0.05) is 41.0 Å². The molecule has 1 aromatic heterocycles. The Hall–Kier alpha value is -3.19. The summed E-state index contributed by atoms with van der Waals surface area (Å²) in [6, 6.07) is 14.9. The van der Waals surface area contributed by atoms with Gasteiger partial charge in [-0.2, -0.15) is 4.68 Å². The number of nitrogens with zero attached hydrogens (tertiary/aromatic N) is 4. The van der Waals surface area contributed by atoms with Crippen LogP contribution >= 0.6 is 11.6 Å². The maximum absolute atomic E-state index is 12.7. The van der Waals surface area contributed by atoms with Gasteiger partial charge >= 0.3 is 0 Å². The number of carbonyl (C=O) groups is 1. The van der Waals surface area contributed by atoms with E-state index in [0.29, 0.717) is 24.0 Å². The molecule has 3 aromatic rings. The highest BCUT2D eigenvalue weighted by molar-refractivity contribution is 6.30. The Labute approximate surface area is 172 Å². The van der Waals surface area contributed by atoms with E-state index in [2.05, 4.69) is 20.8 Å². The number of fused-ring (bicyclic) bond motifs is 1. The van der Waals surface area contributed by atoms with Crippen LogP contribution in [-0.2, 0) is 11.4 Å². The lowest BCUT2D eigenvalue weighted by Crippen LogP contribution is -2.31. The number of aromatic nitrogens is 4. The molecule has 1 atom stereocenters. The first-order valence-electron chi connectivity index (χ1n) is 9.47. The van der Waals surface area contributed by atoms with E-state index >= 15 is 0 Å². The van der Waals surface area contributed by atoms with Crippen LogP contribution < -0.4 is 10.1 Å². The van der Waals surface area contributed by atoms with Crippen LogP contribution in [0.2, 0.25) is 5.02 Å². The van der Waals surface area contributed by atoms with E-state index < -0.39 is 0 Å². The summed E-state index contributed by atoms with van der Waals surface area (Å²) in [4.78, 5) is 12.7. The van der Waals surface area contributed by atoms with Gasteiger partial charge < -0.3 is 10.1 Å². The Bertz CT molecular complexity index is 1110. The van der Waals surface area contributed by atoms with Gasteiger partial charge in [-0.3, -0.25) is 4.79 Å². The van der Waals surface area contributed by atoms with Crippen molar-refractivity contribution in [2.24, 2.45) is 0 Å². The SMILES string of the molecule is O=C1CCCC2=C1C(c1cccc(OCc3ccc(Cl)cc3)c1)n1nnnc1N2. The highest BCUT2D eigenvalue weighted by Gasteiger charge is 2.36. The van der Waals surface area contributed by atoms with Crippen molar-refractivity contribution in [2.75, 3.05) is 5.32 Å². The Morgan fingerprint density at radius 3 is 2.90 bits per heavy atom. The molecule has 0 radical (unpaired) electrons. The van der Waals surface area contributed by atoms with Crippen LogP contribution in [0.3, 0.4) is 0 Å². The lowest BCUT2D eigenvalue weighted by atomic mass is 9.85. The maximum atomic E-state index is 12.7. The first kappa shape index (κ1) is 17.9. The number of tetrazole rings is 1. The van der Waals surface area contributed by atoms with Crippen molar-refractivity contribution in [3.8, 4) is 5.75 Å². The average Bonchev–Trinajstić information content (AvgIpc) is 3.20. The second kappa shape index (κ2) is 7.33. The van der Waals surface area contributed by atoms with E-state index in [4.69, 9.17) is 16.3 Å². The van der Waals surface area contributed by atoms with Crippen LogP contribution in [0.15, 0.2) is 59.8 Å². The minimum atomic E-state index is -0.358. The van der Waals surface area contributed by atoms with E-state index in [1.807, 2.05) is 48.5 Å². The molecular weight excluding hydrogens is 390 g/mol. The molecule has 0 amide bonds. The summed E-state index contributed by atoms with van der Waals surface area (Å²) in [5.74, 6) is 1.41. The average molecular weight is 408 g/mol. The molecule has 2 aromatic carbocycles. The third kappa shape index (κ3) is 3.38. The predicted octanol–water partition coefficient (Wildman–Crippen LogP) is 3.93. The highest BCUT2D eigenvalue weighted by Crippen LogP contribution is 2.39. The minimum Gasteiger partial charge on any atom is -0.489 e. The van der Waals surface area contributed by atoms with E-state index in [1.165, 1.54) is 0 Å². The van der Waals surface area contributed by atoms with Crippen LogP contribution in [0.4, 0.5) is 5.95 Å². The van der Waals surface area contributed by atoms with E-state index in [9.17, 15) is 4.79 Å². The standard InChI is InChI=1S/C21H18ClN5O2/c22-15-9-7-13(8-10-15)12-29-16-4-1-3-14(11-16)20-19-17(5-2-6-18(19)28)23-21-24-25-26-27(20)21/h1,3-4,7-11,20H,2,5-6,12H2,(H,23,24,26). The second-order valence-corrected chi connectivity index (χ2v) is 7.57. The molecular formula is C21H18ClN5O2.